The van der Waals surface area contributed by atoms with E-state index in [4.69, 9.17) is 4.42 Å². The monoisotopic (exact) mass is 361 g/mol. The minimum absolute atomic E-state index is 0.186. The van der Waals surface area contributed by atoms with Crippen LogP contribution in [0.15, 0.2) is 71.3 Å². The maximum Gasteiger partial charge on any atom is 0.226 e. The zero-order valence-electron chi connectivity index (χ0n) is 14.4. The molecule has 4 aromatic rings. The lowest BCUT2D eigenvalue weighted by Crippen LogP contribution is -2.13. The number of anilines is 1. The van der Waals surface area contributed by atoms with Crippen molar-refractivity contribution in [1.29, 1.82) is 0 Å². The van der Waals surface area contributed by atoms with E-state index in [9.17, 15) is 9.18 Å². The van der Waals surface area contributed by atoms with E-state index in [2.05, 4.69) is 15.3 Å². The number of hydrogen-bond donors (Lipinski definition) is 1. The number of rotatable bonds is 5. The quantitative estimate of drug-likeness (QED) is 0.564. The molecule has 0 aliphatic heterocycles. The molecule has 1 amide bonds. The third kappa shape index (κ3) is 3.84. The van der Waals surface area contributed by atoms with Gasteiger partial charge in [-0.05, 0) is 30.3 Å². The van der Waals surface area contributed by atoms with Gasteiger partial charge in [0.25, 0.3) is 0 Å². The van der Waals surface area contributed by atoms with Crippen molar-refractivity contribution in [2.45, 2.75) is 12.8 Å². The summed E-state index contributed by atoms with van der Waals surface area (Å²) in [6.45, 7) is 0. The number of aryl methyl sites for hydroxylation is 1. The lowest BCUT2D eigenvalue weighted by molar-refractivity contribution is -0.116. The number of carbonyl (C=O) groups is 1. The van der Waals surface area contributed by atoms with Gasteiger partial charge in [-0.15, -0.1) is 0 Å². The van der Waals surface area contributed by atoms with Crippen LogP contribution in [0.1, 0.15) is 12.3 Å². The van der Waals surface area contributed by atoms with Crippen molar-refractivity contribution < 1.29 is 13.6 Å². The Morgan fingerprint density at radius 1 is 1.04 bits per heavy atom. The van der Waals surface area contributed by atoms with Gasteiger partial charge in [-0.25, -0.2) is 14.4 Å². The number of benzene rings is 2. The summed E-state index contributed by atoms with van der Waals surface area (Å²) in [5.41, 5.74) is 1.17. The number of aromatic nitrogens is 2. The first kappa shape index (κ1) is 16.9. The fourth-order valence-electron chi connectivity index (χ4n) is 2.77. The number of nitrogens with zero attached hydrogens (tertiary/aromatic N) is 2. The molecule has 2 aromatic carbocycles. The normalized spacial score (nSPS) is 10.9. The van der Waals surface area contributed by atoms with Gasteiger partial charge in [0.05, 0.1) is 17.3 Å². The van der Waals surface area contributed by atoms with Crippen molar-refractivity contribution in [3.8, 4) is 11.3 Å². The van der Waals surface area contributed by atoms with Crippen LogP contribution >= 0.6 is 0 Å². The predicted molar refractivity (Wildman–Crippen MR) is 101 cm³/mol. The molecule has 4 rings (SSSR count). The summed E-state index contributed by atoms with van der Waals surface area (Å²) in [5.74, 6) is 0.663. The SMILES string of the molecule is O=C(CCc1ncc(-c2ccccc2F)o1)Nc1ccc2ccccc2n1. The van der Waals surface area contributed by atoms with E-state index in [1.54, 1.807) is 24.3 Å². The maximum absolute atomic E-state index is 13.8. The third-order valence-corrected chi connectivity index (χ3v) is 4.12. The van der Waals surface area contributed by atoms with Gasteiger partial charge in [-0.1, -0.05) is 30.3 Å². The molecule has 6 heteroatoms. The smallest absolute Gasteiger partial charge is 0.226 e. The molecule has 0 bridgehead atoms. The van der Waals surface area contributed by atoms with Crippen LogP contribution < -0.4 is 5.32 Å². The molecule has 0 aliphatic carbocycles. The highest BCUT2D eigenvalue weighted by molar-refractivity contribution is 5.91. The number of fused-ring (bicyclic) bond motifs is 1. The van der Waals surface area contributed by atoms with Gasteiger partial charge < -0.3 is 9.73 Å². The Labute approximate surface area is 154 Å². The molecule has 2 aromatic heterocycles. The van der Waals surface area contributed by atoms with Crippen LogP contribution in [0.2, 0.25) is 0 Å². The Balaban J connectivity index is 1.38. The van der Waals surface area contributed by atoms with Gasteiger partial charge in [0, 0.05) is 18.2 Å². The highest BCUT2D eigenvalue weighted by Gasteiger charge is 2.12. The first-order valence-corrected chi connectivity index (χ1v) is 8.54. The molecule has 0 saturated carbocycles. The second kappa shape index (κ2) is 7.37. The first-order valence-electron chi connectivity index (χ1n) is 8.54. The van der Waals surface area contributed by atoms with Crippen LogP contribution in [0, 0.1) is 5.82 Å². The Hall–Kier alpha value is -3.54. The first-order chi connectivity index (χ1) is 13.2. The molecule has 0 spiro atoms. The van der Waals surface area contributed by atoms with E-state index in [1.807, 2.05) is 30.3 Å². The molecular weight excluding hydrogens is 345 g/mol. The minimum atomic E-state index is -0.375. The number of para-hydroxylation sites is 1. The van der Waals surface area contributed by atoms with E-state index < -0.39 is 0 Å². The van der Waals surface area contributed by atoms with E-state index >= 15 is 0 Å². The summed E-state index contributed by atoms with van der Waals surface area (Å²) >= 11 is 0. The average Bonchev–Trinajstić information content (AvgIpc) is 3.15. The predicted octanol–water partition coefficient (Wildman–Crippen LogP) is 4.60. The van der Waals surface area contributed by atoms with Gasteiger partial charge in [0.15, 0.2) is 11.7 Å². The van der Waals surface area contributed by atoms with Crippen molar-refractivity contribution in [2.75, 3.05) is 5.32 Å². The molecule has 2 heterocycles. The summed E-state index contributed by atoms with van der Waals surface area (Å²) < 4.78 is 19.4. The largest absolute Gasteiger partial charge is 0.441 e. The van der Waals surface area contributed by atoms with E-state index in [0.29, 0.717) is 29.5 Å². The summed E-state index contributed by atoms with van der Waals surface area (Å²) in [7, 11) is 0. The van der Waals surface area contributed by atoms with Crippen LogP contribution in [0.4, 0.5) is 10.2 Å². The standard InChI is InChI=1S/C21H16FN3O2/c22-16-7-3-2-6-15(16)18-13-23-21(27-18)12-11-20(26)25-19-10-9-14-5-1-4-8-17(14)24-19/h1-10,13H,11-12H2,(H,24,25,26). The molecule has 134 valence electrons. The minimum Gasteiger partial charge on any atom is -0.441 e. The number of hydrogen-bond acceptors (Lipinski definition) is 4. The van der Waals surface area contributed by atoms with Crippen molar-refractivity contribution in [3.05, 3.63) is 78.6 Å². The lowest BCUT2D eigenvalue weighted by Gasteiger charge is -2.05. The molecule has 0 atom stereocenters. The van der Waals surface area contributed by atoms with Crippen molar-refractivity contribution in [1.82, 2.24) is 9.97 Å². The summed E-state index contributed by atoms with van der Waals surface area (Å²) in [4.78, 5) is 20.7. The van der Waals surface area contributed by atoms with Crippen LogP contribution in [0.25, 0.3) is 22.2 Å². The molecule has 0 saturated heterocycles. The van der Waals surface area contributed by atoms with Crippen LogP contribution in [-0.2, 0) is 11.2 Å². The number of halogens is 1. The zero-order chi connectivity index (χ0) is 18.6. The van der Waals surface area contributed by atoms with E-state index in [-0.39, 0.29) is 18.1 Å². The van der Waals surface area contributed by atoms with Gasteiger partial charge in [-0.3, -0.25) is 4.79 Å². The van der Waals surface area contributed by atoms with Crippen molar-refractivity contribution >= 4 is 22.6 Å². The number of nitrogens with one attached hydrogen (secondary N) is 1. The Kier molecular flexibility index (Phi) is 4.61. The van der Waals surface area contributed by atoms with Gasteiger partial charge in [-0.2, -0.15) is 0 Å². The molecule has 0 fully saturated rings. The van der Waals surface area contributed by atoms with Crippen LogP contribution in [0.5, 0.6) is 0 Å². The molecule has 0 radical (unpaired) electrons. The fraction of sp³-hybridized carbons (Fsp3) is 0.0952. The third-order valence-electron chi connectivity index (χ3n) is 4.12. The van der Waals surface area contributed by atoms with Gasteiger partial charge >= 0.3 is 0 Å². The molecule has 27 heavy (non-hydrogen) atoms. The molecular formula is C21H16FN3O2. The topological polar surface area (TPSA) is 68.0 Å². The van der Waals surface area contributed by atoms with E-state index in [0.717, 1.165) is 10.9 Å². The number of pyridine rings is 1. The highest BCUT2D eigenvalue weighted by atomic mass is 19.1. The number of oxazole rings is 1. The second-order valence-electron chi connectivity index (χ2n) is 6.04. The fourth-order valence-corrected chi connectivity index (χ4v) is 2.77. The van der Waals surface area contributed by atoms with Gasteiger partial charge in [0.1, 0.15) is 11.6 Å². The number of carbonyl (C=O) groups excluding carboxylic acids is 1. The Morgan fingerprint density at radius 2 is 1.85 bits per heavy atom. The summed E-state index contributed by atoms with van der Waals surface area (Å²) in [6, 6.07) is 17.7. The van der Waals surface area contributed by atoms with E-state index in [1.165, 1.54) is 12.3 Å². The second-order valence-corrected chi connectivity index (χ2v) is 6.04. The Bertz CT molecular complexity index is 1110. The van der Waals surface area contributed by atoms with Crippen LogP contribution in [0.3, 0.4) is 0 Å². The van der Waals surface area contributed by atoms with Crippen molar-refractivity contribution in [2.24, 2.45) is 0 Å². The van der Waals surface area contributed by atoms with Crippen molar-refractivity contribution in [3.63, 3.8) is 0 Å². The zero-order valence-corrected chi connectivity index (χ0v) is 14.4. The van der Waals surface area contributed by atoms with Crippen LogP contribution in [-0.4, -0.2) is 15.9 Å². The average molecular weight is 361 g/mol. The maximum atomic E-state index is 13.8. The van der Waals surface area contributed by atoms with Gasteiger partial charge in [0.2, 0.25) is 5.91 Å². The molecule has 5 nitrogen and oxygen atoms in total. The highest BCUT2D eigenvalue weighted by Crippen LogP contribution is 2.23. The summed E-state index contributed by atoms with van der Waals surface area (Å²) in [6.07, 6.45) is 1.97. The molecule has 0 unspecified atom stereocenters. The lowest BCUT2D eigenvalue weighted by atomic mass is 10.2. The molecule has 0 aliphatic rings. The Morgan fingerprint density at radius 3 is 2.74 bits per heavy atom. The number of amides is 1. The summed E-state index contributed by atoms with van der Waals surface area (Å²) in [5, 5.41) is 3.78. The molecule has 1 N–H and O–H groups in total.